The topological polar surface area (TPSA) is 138 Å². The average molecular weight is 442 g/mol. The highest BCUT2D eigenvalue weighted by atomic mass is 16.5. The fourth-order valence-corrected chi connectivity index (χ4v) is 4.39. The van der Waals surface area contributed by atoms with E-state index >= 15 is 0 Å². The zero-order chi connectivity index (χ0) is 23.7. The Morgan fingerprint density at radius 2 is 1.10 bits per heavy atom. The van der Waals surface area contributed by atoms with Crippen LogP contribution in [0, 0.1) is 11.3 Å². The number of carbonyl (C=O) groups excluding carboxylic acids is 3. The van der Waals surface area contributed by atoms with E-state index in [9.17, 15) is 14.4 Å². The van der Waals surface area contributed by atoms with Crippen LogP contribution < -0.4 is 17.2 Å². The Kier molecular flexibility index (Phi) is 16.8. The van der Waals surface area contributed by atoms with Crippen LogP contribution in [0.1, 0.15) is 91.4 Å². The number of hydrogen-bond donors (Lipinski definition) is 3. The fraction of sp³-hybridized carbons (Fsp3) is 0.875. The molecule has 0 fully saturated rings. The predicted octanol–water partition coefficient (Wildman–Crippen LogP) is 2.91. The number of rotatable bonds is 21. The molecule has 6 N–H and O–H groups in total. The Hall–Kier alpha value is -1.15. The predicted molar refractivity (Wildman–Crippen MR) is 126 cm³/mol. The molecule has 2 atom stereocenters. The van der Waals surface area contributed by atoms with Crippen molar-refractivity contribution in [2.24, 2.45) is 28.5 Å². The Morgan fingerprint density at radius 3 is 1.48 bits per heavy atom. The van der Waals surface area contributed by atoms with Gasteiger partial charge in [0.25, 0.3) is 0 Å². The van der Waals surface area contributed by atoms with Gasteiger partial charge in [-0.3, -0.25) is 14.4 Å². The van der Waals surface area contributed by atoms with Gasteiger partial charge in [0.05, 0.1) is 25.7 Å². The lowest BCUT2D eigenvalue weighted by Gasteiger charge is -2.35. The Balaban J connectivity index is 4.45. The first-order valence-corrected chi connectivity index (χ1v) is 12.1. The maximum absolute atomic E-state index is 12.6. The molecule has 0 saturated heterocycles. The molecule has 0 radical (unpaired) electrons. The minimum absolute atomic E-state index is 0.199. The summed E-state index contributed by atoms with van der Waals surface area (Å²) in [4.78, 5) is 37.8. The van der Waals surface area contributed by atoms with E-state index in [1.807, 2.05) is 6.92 Å². The summed E-state index contributed by atoms with van der Waals surface area (Å²) in [6.45, 7) is 5.23. The van der Waals surface area contributed by atoms with E-state index in [0.717, 1.165) is 12.8 Å². The van der Waals surface area contributed by atoms with E-state index in [1.165, 1.54) is 51.4 Å². The second-order valence-electron chi connectivity index (χ2n) is 8.69. The van der Waals surface area contributed by atoms with Gasteiger partial charge in [-0.05, 0) is 25.7 Å². The van der Waals surface area contributed by atoms with Crippen molar-refractivity contribution in [3.8, 4) is 0 Å². The summed E-state index contributed by atoms with van der Waals surface area (Å²) in [5.41, 5.74) is 14.7. The third-order valence-corrected chi connectivity index (χ3v) is 6.20. The number of ketones is 3. The van der Waals surface area contributed by atoms with Gasteiger partial charge in [0.1, 0.15) is 0 Å². The van der Waals surface area contributed by atoms with Crippen LogP contribution in [-0.2, 0) is 19.1 Å². The number of carbonyl (C=O) groups is 3. The van der Waals surface area contributed by atoms with Gasteiger partial charge in [-0.1, -0.05) is 71.6 Å². The normalized spacial score (nSPS) is 13.7. The molecule has 0 amide bonds. The number of nitrogens with two attached hydrogens (primary N) is 3. The maximum atomic E-state index is 12.6. The second-order valence-corrected chi connectivity index (χ2v) is 8.69. The van der Waals surface area contributed by atoms with Crippen molar-refractivity contribution in [3.05, 3.63) is 0 Å². The van der Waals surface area contributed by atoms with Crippen LogP contribution >= 0.6 is 0 Å². The number of Topliss-reactive ketones (excluding diaryl/α,β-unsaturated/α-hetero) is 3. The van der Waals surface area contributed by atoms with Crippen molar-refractivity contribution in [1.29, 1.82) is 0 Å². The summed E-state index contributed by atoms with van der Waals surface area (Å²) in [5, 5.41) is 0. The summed E-state index contributed by atoms with van der Waals surface area (Å²) < 4.78 is 5.89. The lowest BCUT2D eigenvalue weighted by molar-refractivity contribution is -0.152. The van der Waals surface area contributed by atoms with Crippen molar-refractivity contribution >= 4 is 17.3 Å². The summed E-state index contributed by atoms with van der Waals surface area (Å²) in [6, 6.07) is 0. The van der Waals surface area contributed by atoms with E-state index in [4.69, 9.17) is 21.9 Å². The first-order valence-electron chi connectivity index (χ1n) is 12.1. The quantitative estimate of drug-likeness (QED) is 0.184. The van der Waals surface area contributed by atoms with Gasteiger partial charge in [-0.25, -0.2) is 0 Å². The first-order chi connectivity index (χ1) is 14.8. The largest absolute Gasteiger partial charge is 0.378 e. The van der Waals surface area contributed by atoms with Gasteiger partial charge < -0.3 is 21.9 Å². The van der Waals surface area contributed by atoms with E-state index in [1.54, 1.807) is 6.92 Å². The molecule has 0 aliphatic carbocycles. The molecule has 0 spiro atoms. The van der Waals surface area contributed by atoms with Crippen molar-refractivity contribution in [2.45, 2.75) is 97.5 Å². The molecular formula is C24H47N3O4. The van der Waals surface area contributed by atoms with Crippen LogP contribution in [0.5, 0.6) is 0 Å². The highest BCUT2D eigenvalue weighted by Crippen LogP contribution is 2.35. The molecule has 2 unspecified atom stereocenters. The molecule has 0 saturated carbocycles. The Bertz CT molecular complexity index is 484. The number of unbranched alkanes of at least 4 members (excludes halogenated alkanes) is 9. The SMILES string of the molecule is CCCCCCCCCCCCOC(C)CC(C)C(C(=O)CN)(C(=O)CN)C(=O)CN. The van der Waals surface area contributed by atoms with E-state index in [2.05, 4.69) is 6.92 Å². The van der Waals surface area contributed by atoms with Crippen LogP contribution in [0.2, 0.25) is 0 Å². The van der Waals surface area contributed by atoms with Crippen LogP contribution in [0.25, 0.3) is 0 Å². The smallest absolute Gasteiger partial charge is 0.167 e. The molecule has 0 aromatic carbocycles. The monoisotopic (exact) mass is 441 g/mol. The fourth-order valence-electron chi connectivity index (χ4n) is 4.39. The summed E-state index contributed by atoms with van der Waals surface area (Å²) in [5.74, 6) is -2.44. The summed E-state index contributed by atoms with van der Waals surface area (Å²) >= 11 is 0. The average Bonchev–Trinajstić information content (AvgIpc) is 2.77. The number of ether oxygens (including phenoxy) is 1. The zero-order valence-electron chi connectivity index (χ0n) is 20.1. The molecule has 0 bridgehead atoms. The van der Waals surface area contributed by atoms with Gasteiger partial charge in [-0.15, -0.1) is 0 Å². The van der Waals surface area contributed by atoms with Gasteiger partial charge in [0, 0.05) is 6.61 Å². The molecule has 7 heteroatoms. The van der Waals surface area contributed by atoms with Crippen LogP contribution in [0.3, 0.4) is 0 Å². The maximum Gasteiger partial charge on any atom is 0.167 e. The first kappa shape index (κ1) is 29.9. The van der Waals surface area contributed by atoms with Crippen LogP contribution in [-0.4, -0.2) is 49.7 Å². The van der Waals surface area contributed by atoms with Crippen LogP contribution in [0.4, 0.5) is 0 Å². The molecule has 7 nitrogen and oxygen atoms in total. The van der Waals surface area contributed by atoms with Crippen molar-refractivity contribution in [1.82, 2.24) is 0 Å². The summed E-state index contributed by atoms with van der Waals surface area (Å²) in [6.07, 6.45) is 12.7. The third-order valence-electron chi connectivity index (χ3n) is 6.20. The van der Waals surface area contributed by atoms with Crippen LogP contribution in [0.15, 0.2) is 0 Å². The molecule has 0 heterocycles. The standard InChI is InChI=1S/C24H47N3O4/c1-4-5-6-7-8-9-10-11-12-13-14-31-20(3)15-19(2)24(21(28)16-25,22(29)17-26)23(30)18-27/h19-20H,4-18,25-27H2,1-3H3. The molecule has 0 aliphatic heterocycles. The van der Waals surface area contributed by atoms with Gasteiger partial charge in [0.2, 0.25) is 0 Å². The van der Waals surface area contributed by atoms with Gasteiger partial charge in [-0.2, -0.15) is 0 Å². The van der Waals surface area contributed by atoms with Gasteiger partial charge in [0.15, 0.2) is 22.8 Å². The van der Waals surface area contributed by atoms with Crippen molar-refractivity contribution in [3.63, 3.8) is 0 Å². The Labute approximate surface area is 189 Å². The van der Waals surface area contributed by atoms with Crippen molar-refractivity contribution < 1.29 is 19.1 Å². The molecule has 182 valence electrons. The molecule has 0 rings (SSSR count). The third kappa shape index (κ3) is 9.89. The summed E-state index contributed by atoms with van der Waals surface area (Å²) in [7, 11) is 0. The minimum Gasteiger partial charge on any atom is -0.378 e. The highest BCUT2D eigenvalue weighted by molar-refractivity contribution is 6.25. The molecule has 0 aliphatic rings. The van der Waals surface area contributed by atoms with E-state index < -0.39 is 48.3 Å². The zero-order valence-corrected chi connectivity index (χ0v) is 20.1. The molecular weight excluding hydrogens is 394 g/mol. The molecule has 31 heavy (non-hydrogen) atoms. The lowest BCUT2D eigenvalue weighted by Crippen LogP contribution is -2.57. The number of hydrogen-bond acceptors (Lipinski definition) is 7. The van der Waals surface area contributed by atoms with Gasteiger partial charge >= 0.3 is 0 Å². The Morgan fingerprint density at radius 1 is 0.710 bits per heavy atom. The molecule has 0 aromatic rings. The molecule has 0 aromatic heterocycles. The van der Waals surface area contributed by atoms with Crippen molar-refractivity contribution in [2.75, 3.05) is 26.2 Å². The lowest BCUT2D eigenvalue weighted by atomic mass is 9.65. The second kappa shape index (κ2) is 17.4. The highest BCUT2D eigenvalue weighted by Gasteiger charge is 2.53. The minimum atomic E-state index is -1.87. The van der Waals surface area contributed by atoms with E-state index in [0.29, 0.717) is 13.0 Å². The van der Waals surface area contributed by atoms with E-state index in [-0.39, 0.29) is 6.10 Å².